The summed E-state index contributed by atoms with van der Waals surface area (Å²) in [5, 5.41) is 0. The Morgan fingerprint density at radius 2 is 1.71 bits per heavy atom. The van der Waals surface area contributed by atoms with E-state index in [0.29, 0.717) is 11.1 Å². The van der Waals surface area contributed by atoms with E-state index in [-0.39, 0.29) is 22.7 Å². The third-order valence-electron chi connectivity index (χ3n) is 3.41. The summed E-state index contributed by atoms with van der Waals surface area (Å²) in [5.74, 6) is -0.877. The zero-order valence-electron chi connectivity index (χ0n) is 13.2. The number of ketones is 1. The molecule has 0 fully saturated rings. The van der Waals surface area contributed by atoms with Crippen LogP contribution in [0.25, 0.3) is 0 Å². The maximum Gasteiger partial charge on any atom is 0.264 e. The molecule has 0 aliphatic rings. The van der Waals surface area contributed by atoms with Gasteiger partial charge in [-0.3, -0.25) is 9.59 Å². The van der Waals surface area contributed by atoms with Crippen molar-refractivity contribution in [2.24, 2.45) is 0 Å². The van der Waals surface area contributed by atoms with Gasteiger partial charge in [0.15, 0.2) is 5.78 Å². The molecular weight excluding hydrogens is 394 g/mol. The third-order valence-corrected chi connectivity index (χ3v) is 5.45. The van der Waals surface area contributed by atoms with Gasteiger partial charge >= 0.3 is 0 Å². The summed E-state index contributed by atoms with van der Waals surface area (Å²) in [6.45, 7) is 2.96. The molecule has 0 spiro atoms. The lowest BCUT2D eigenvalue weighted by Crippen LogP contribution is -2.32. The van der Waals surface area contributed by atoms with Gasteiger partial charge in [0.1, 0.15) is 0 Å². The normalized spacial score (nSPS) is 11.1. The van der Waals surface area contributed by atoms with E-state index in [9.17, 15) is 18.0 Å². The Hall–Kier alpha value is -1.99. The van der Waals surface area contributed by atoms with Crippen molar-refractivity contribution in [3.63, 3.8) is 0 Å². The van der Waals surface area contributed by atoms with E-state index in [0.717, 1.165) is 4.47 Å². The van der Waals surface area contributed by atoms with Crippen LogP contribution in [0, 0.1) is 6.92 Å². The highest BCUT2D eigenvalue weighted by Gasteiger charge is 2.21. The number of halogens is 1. The fourth-order valence-electron chi connectivity index (χ4n) is 2.14. The smallest absolute Gasteiger partial charge is 0.264 e. The zero-order chi connectivity index (χ0) is 17.9. The molecule has 0 aliphatic carbocycles. The molecule has 0 aromatic heterocycles. The van der Waals surface area contributed by atoms with E-state index in [4.69, 9.17) is 0 Å². The second-order valence-electron chi connectivity index (χ2n) is 5.37. The monoisotopic (exact) mass is 409 g/mol. The average molecular weight is 410 g/mol. The summed E-state index contributed by atoms with van der Waals surface area (Å²) < 4.78 is 27.8. The lowest BCUT2D eigenvalue weighted by Gasteiger charge is -2.10. The molecule has 7 heteroatoms. The highest BCUT2D eigenvalue weighted by molar-refractivity contribution is 9.10. The standard InChI is InChI=1S/C17H16BrNO4S/c1-11-3-6-14(12(2)20)10-16(11)24(22,23)19-17(21)9-13-4-7-15(18)8-5-13/h3-8,10H,9H2,1-2H3,(H,19,21). The van der Waals surface area contributed by atoms with Crippen LogP contribution < -0.4 is 4.72 Å². The van der Waals surface area contributed by atoms with E-state index >= 15 is 0 Å². The van der Waals surface area contributed by atoms with Gasteiger partial charge in [0.05, 0.1) is 11.3 Å². The Morgan fingerprint density at radius 3 is 2.29 bits per heavy atom. The summed E-state index contributed by atoms with van der Waals surface area (Å²) in [4.78, 5) is 23.4. The number of Topliss-reactive ketones (excluding diaryl/α,β-unsaturated/α-hetero) is 1. The number of amides is 1. The molecule has 2 rings (SSSR count). The van der Waals surface area contributed by atoms with Gasteiger partial charge < -0.3 is 0 Å². The number of aryl methyl sites for hydroxylation is 1. The van der Waals surface area contributed by atoms with Gasteiger partial charge in [0, 0.05) is 10.0 Å². The summed E-state index contributed by atoms with van der Waals surface area (Å²) in [7, 11) is -4.04. The minimum atomic E-state index is -4.04. The van der Waals surface area contributed by atoms with Crippen molar-refractivity contribution in [3.8, 4) is 0 Å². The Labute approximate surface area is 149 Å². The van der Waals surface area contributed by atoms with Gasteiger partial charge in [-0.25, -0.2) is 13.1 Å². The molecule has 0 unspecified atom stereocenters. The third kappa shape index (κ3) is 4.52. The predicted molar refractivity (Wildman–Crippen MR) is 94.4 cm³/mol. The number of carbonyl (C=O) groups excluding carboxylic acids is 2. The predicted octanol–water partition coefficient (Wildman–Crippen LogP) is 3.01. The Kier molecular flexibility index (Phi) is 5.56. The SMILES string of the molecule is CC(=O)c1ccc(C)c(S(=O)(=O)NC(=O)Cc2ccc(Br)cc2)c1. The number of nitrogens with one attached hydrogen (secondary N) is 1. The molecule has 0 aliphatic heterocycles. The van der Waals surface area contributed by atoms with Gasteiger partial charge in [-0.2, -0.15) is 0 Å². The first-order valence-electron chi connectivity index (χ1n) is 7.11. The topological polar surface area (TPSA) is 80.3 Å². The number of sulfonamides is 1. The van der Waals surface area contributed by atoms with E-state index in [2.05, 4.69) is 20.7 Å². The molecule has 2 aromatic carbocycles. The maximum absolute atomic E-state index is 12.4. The highest BCUT2D eigenvalue weighted by Crippen LogP contribution is 2.18. The number of hydrogen-bond acceptors (Lipinski definition) is 4. The van der Waals surface area contributed by atoms with E-state index in [1.807, 2.05) is 0 Å². The Balaban J connectivity index is 2.21. The first kappa shape index (κ1) is 18.4. The van der Waals surface area contributed by atoms with Crippen molar-refractivity contribution in [2.75, 3.05) is 0 Å². The molecule has 0 saturated carbocycles. The summed E-state index contributed by atoms with van der Waals surface area (Å²) in [6.07, 6.45) is -0.0576. The molecule has 0 bridgehead atoms. The Morgan fingerprint density at radius 1 is 1.08 bits per heavy atom. The molecular formula is C17H16BrNO4S. The molecule has 0 heterocycles. The minimum absolute atomic E-state index is 0.0576. The van der Waals surface area contributed by atoms with Crippen LogP contribution >= 0.6 is 15.9 Å². The molecule has 2 aromatic rings. The molecule has 1 N–H and O–H groups in total. The largest absolute Gasteiger partial charge is 0.295 e. The van der Waals surface area contributed by atoms with Crippen LogP contribution in [0.4, 0.5) is 0 Å². The van der Waals surface area contributed by atoms with Crippen LogP contribution in [0.5, 0.6) is 0 Å². The molecule has 0 saturated heterocycles. The Bertz CT molecular complexity index is 889. The van der Waals surface area contributed by atoms with Crippen molar-refractivity contribution in [1.29, 1.82) is 0 Å². The second kappa shape index (κ2) is 7.27. The fourth-order valence-corrected chi connectivity index (χ4v) is 3.66. The first-order valence-corrected chi connectivity index (χ1v) is 9.38. The van der Waals surface area contributed by atoms with E-state index < -0.39 is 15.9 Å². The van der Waals surface area contributed by atoms with Gasteiger partial charge in [-0.05, 0) is 43.2 Å². The number of rotatable bonds is 5. The molecule has 24 heavy (non-hydrogen) atoms. The van der Waals surface area contributed by atoms with Crippen LogP contribution in [0.2, 0.25) is 0 Å². The van der Waals surface area contributed by atoms with Crippen molar-refractivity contribution in [1.82, 2.24) is 4.72 Å². The van der Waals surface area contributed by atoms with Crippen LogP contribution in [-0.4, -0.2) is 20.1 Å². The van der Waals surface area contributed by atoms with Gasteiger partial charge in [-0.15, -0.1) is 0 Å². The summed E-state index contributed by atoms with van der Waals surface area (Å²) >= 11 is 3.29. The zero-order valence-corrected chi connectivity index (χ0v) is 15.6. The van der Waals surface area contributed by atoms with Gasteiger partial charge in [0.2, 0.25) is 5.91 Å². The molecule has 0 atom stereocenters. The molecule has 1 amide bonds. The van der Waals surface area contributed by atoms with E-state index in [1.54, 1.807) is 43.3 Å². The van der Waals surface area contributed by atoms with Crippen LogP contribution in [0.3, 0.4) is 0 Å². The lowest BCUT2D eigenvalue weighted by atomic mass is 10.1. The quantitative estimate of drug-likeness (QED) is 0.769. The average Bonchev–Trinajstić information content (AvgIpc) is 2.49. The van der Waals surface area contributed by atoms with Crippen molar-refractivity contribution < 1.29 is 18.0 Å². The van der Waals surface area contributed by atoms with Crippen molar-refractivity contribution in [2.45, 2.75) is 25.2 Å². The molecule has 0 radical (unpaired) electrons. The molecule has 126 valence electrons. The van der Waals surface area contributed by atoms with Gasteiger partial charge in [0.25, 0.3) is 10.0 Å². The lowest BCUT2D eigenvalue weighted by molar-refractivity contribution is -0.118. The highest BCUT2D eigenvalue weighted by atomic mass is 79.9. The van der Waals surface area contributed by atoms with Crippen molar-refractivity contribution in [3.05, 3.63) is 63.6 Å². The van der Waals surface area contributed by atoms with E-state index in [1.165, 1.54) is 13.0 Å². The van der Waals surface area contributed by atoms with Crippen LogP contribution in [0.15, 0.2) is 51.8 Å². The second-order valence-corrected chi connectivity index (χ2v) is 7.93. The minimum Gasteiger partial charge on any atom is -0.295 e. The van der Waals surface area contributed by atoms with Crippen LogP contribution in [-0.2, 0) is 21.2 Å². The maximum atomic E-state index is 12.4. The summed E-state index contributed by atoms with van der Waals surface area (Å²) in [6, 6.07) is 11.4. The van der Waals surface area contributed by atoms with Gasteiger partial charge in [-0.1, -0.05) is 40.2 Å². The summed E-state index contributed by atoms with van der Waals surface area (Å²) in [5.41, 5.74) is 1.44. The van der Waals surface area contributed by atoms with Crippen LogP contribution in [0.1, 0.15) is 28.4 Å². The first-order chi connectivity index (χ1) is 11.2. The number of hydrogen-bond donors (Lipinski definition) is 1. The fraction of sp³-hybridized carbons (Fsp3) is 0.176. The molecule has 5 nitrogen and oxygen atoms in total. The number of carbonyl (C=O) groups is 2. The van der Waals surface area contributed by atoms with Crippen molar-refractivity contribution >= 4 is 37.6 Å². The number of benzene rings is 2.